The van der Waals surface area contributed by atoms with Crippen LogP contribution < -0.4 is 4.90 Å². The number of hydrogen-bond donors (Lipinski definition) is 0. The van der Waals surface area contributed by atoms with E-state index in [1.54, 1.807) is 13.0 Å². The molecule has 1 atom stereocenters. The third-order valence-electron chi connectivity index (χ3n) is 3.57. The van der Waals surface area contributed by atoms with Crippen molar-refractivity contribution in [3.8, 4) is 11.8 Å². The van der Waals surface area contributed by atoms with Crippen molar-refractivity contribution in [3.05, 3.63) is 41.1 Å². The predicted octanol–water partition coefficient (Wildman–Crippen LogP) is 2.43. The van der Waals surface area contributed by atoms with Gasteiger partial charge in [0.2, 0.25) is 5.91 Å². The molecule has 1 aromatic carbocycles. The molecule has 0 saturated carbocycles. The van der Waals surface area contributed by atoms with E-state index in [4.69, 9.17) is 5.26 Å². The van der Waals surface area contributed by atoms with Gasteiger partial charge in [-0.3, -0.25) is 9.69 Å². The van der Waals surface area contributed by atoms with Crippen LogP contribution in [-0.2, 0) is 4.79 Å². The van der Waals surface area contributed by atoms with Crippen LogP contribution in [0.1, 0.15) is 18.9 Å². The number of hydrogen-bond acceptors (Lipinski definition) is 3. The van der Waals surface area contributed by atoms with Crippen molar-refractivity contribution in [2.24, 2.45) is 0 Å². The summed E-state index contributed by atoms with van der Waals surface area (Å²) in [5.74, 6) is -7.32. The van der Waals surface area contributed by atoms with Crippen molar-refractivity contribution in [1.29, 1.82) is 5.26 Å². The summed E-state index contributed by atoms with van der Waals surface area (Å²) in [6.07, 6.45) is 1.19. The predicted molar refractivity (Wildman–Crippen MR) is 69.7 cm³/mol. The number of nitriles is 1. The number of anilines is 1. The second kappa shape index (κ2) is 5.08. The zero-order valence-electron chi connectivity index (χ0n) is 11.6. The van der Waals surface area contributed by atoms with Crippen molar-refractivity contribution in [3.63, 3.8) is 0 Å². The van der Waals surface area contributed by atoms with Crippen LogP contribution in [0, 0.1) is 34.6 Å². The molecule has 1 fully saturated rings. The topological polar surface area (TPSA) is 61.9 Å². The molecule has 2 aromatic rings. The summed E-state index contributed by atoms with van der Waals surface area (Å²) in [5, 5.41) is 12.7. The van der Waals surface area contributed by atoms with Gasteiger partial charge < -0.3 is 0 Å². The van der Waals surface area contributed by atoms with Crippen molar-refractivity contribution >= 4 is 11.7 Å². The van der Waals surface area contributed by atoms with Gasteiger partial charge >= 0.3 is 0 Å². The highest BCUT2D eigenvalue weighted by molar-refractivity contribution is 6.01. The van der Waals surface area contributed by atoms with Crippen LogP contribution in [0.25, 0.3) is 5.69 Å². The summed E-state index contributed by atoms with van der Waals surface area (Å²) in [6.45, 7) is 1.66. The number of carbonyl (C=O) groups excluding carboxylic acids is 1. The maximum atomic E-state index is 14.0. The molecule has 0 bridgehead atoms. The summed E-state index contributed by atoms with van der Waals surface area (Å²) in [6, 6.07) is 1.61. The van der Waals surface area contributed by atoms with Gasteiger partial charge in [-0.2, -0.15) is 10.4 Å². The number of aromatic nitrogens is 2. The second-order valence-corrected chi connectivity index (χ2v) is 5.04. The lowest BCUT2D eigenvalue weighted by Gasteiger charge is -2.38. The van der Waals surface area contributed by atoms with Crippen LogP contribution >= 0.6 is 0 Å². The summed E-state index contributed by atoms with van der Waals surface area (Å²) in [7, 11) is 0. The van der Waals surface area contributed by atoms with Gasteiger partial charge in [0.25, 0.3) is 0 Å². The molecule has 1 aromatic heterocycles. The Morgan fingerprint density at radius 1 is 1.26 bits per heavy atom. The number of nitrogens with zero attached hydrogens (tertiary/aromatic N) is 4. The third kappa shape index (κ3) is 2.06. The smallest absolute Gasteiger partial charge is 0.230 e. The molecule has 1 amide bonds. The van der Waals surface area contributed by atoms with Crippen LogP contribution in [0.3, 0.4) is 0 Å². The number of amides is 1. The average Bonchev–Trinajstić information content (AvgIpc) is 2.88. The summed E-state index contributed by atoms with van der Waals surface area (Å²) in [5.41, 5.74) is -1.11. The molecular formula is C14H8F4N4O. The van der Waals surface area contributed by atoms with Crippen LogP contribution in [0.15, 0.2) is 12.3 Å². The molecule has 23 heavy (non-hydrogen) atoms. The van der Waals surface area contributed by atoms with Gasteiger partial charge in [-0.25, -0.2) is 22.2 Å². The monoisotopic (exact) mass is 324 g/mol. The van der Waals surface area contributed by atoms with Crippen LogP contribution in [0.2, 0.25) is 0 Å². The molecule has 118 valence electrons. The Bertz CT molecular complexity index is 871. The van der Waals surface area contributed by atoms with Gasteiger partial charge in [0.1, 0.15) is 17.3 Å². The quantitative estimate of drug-likeness (QED) is 0.369. The van der Waals surface area contributed by atoms with E-state index in [2.05, 4.69) is 5.10 Å². The first-order valence-corrected chi connectivity index (χ1v) is 6.50. The molecule has 5 nitrogen and oxygen atoms in total. The largest absolute Gasteiger partial charge is 0.292 e. The minimum Gasteiger partial charge on any atom is -0.292 e. The van der Waals surface area contributed by atoms with Gasteiger partial charge in [-0.05, 0) is 6.92 Å². The second-order valence-electron chi connectivity index (χ2n) is 5.04. The first kappa shape index (κ1) is 15.0. The first-order valence-electron chi connectivity index (χ1n) is 6.50. The molecule has 1 aliphatic rings. The average molecular weight is 324 g/mol. The Morgan fingerprint density at radius 2 is 1.96 bits per heavy atom. The summed E-state index contributed by atoms with van der Waals surface area (Å²) < 4.78 is 55.0. The van der Waals surface area contributed by atoms with Gasteiger partial charge in [-0.15, -0.1) is 0 Å². The standard InChI is InChI=1S/C14H8F4N4O/c1-6-2-10(23)21(6)14-7(4-19)5-20-22(14)13-9(16)3-8(15)11(17)12(13)18/h3,5-6H,2H2,1H3. The molecule has 3 rings (SSSR count). The van der Waals surface area contributed by atoms with E-state index in [0.717, 1.165) is 11.1 Å². The van der Waals surface area contributed by atoms with Crippen LogP contribution in [0.4, 0.5) is 23.4 Å². The van der Waals surface area contributed by atoms with E-state index in [1.807, 2.05) is 0 Å². The van der Waals surface area contributed by atoms with E-state index in [1.165, 1.54) is 0 Å². The van der Waals surface area contributed by atoms with Crippen LogP contribution in [-0.4, -0.2) is 21.7 Å². The highest BCUT2D eigenvalue weighted by atomic mass is 19.2. The number of carbonyl (C=O) groups is 1. The fraction of sp³-hybridized carbons (Fsp3) is 0.214. The Morgan fingerprint density at radius 3 is 2.52 bits per heavy atom. The normalized spacial score (nSPS) is 17.1. The Hall–Kier alpha value is -2.89. The fourth-order valence-electron chi connectivity index (χ4n) is 2.47. The lowest BCUT2D eigenvalue weighted by Crippen LogP contribution is -2.52. The molecule has 0 radical (unpaired) electrons. The fourth-order valence-corrected chi connectivity index (χ4v) is 2.47. The Kier molecular flexibility index (Phi) is 3.32. The van der Waals surface area contributed by atoms with E-state index in [-0.39, 0.29) is 35.8 Å². The number of rotatable bonds is 2. The van der Waals surface area contributed by atoms with Crippen molar-refractivity contribution in [1.82, 2.24) is 9.78 Å². The highest BCUT2D eigenvalue weighted by Crippen LogP contribution is 2.34. The summed E-state index contributed by atoms with van der Waals surface area (Å²) in [4.78, 5) is 12.9. The van der Waals surface area contributed by atoms with Crippen molar-refractivity contribution < 1.29 is 22.4 Å². The summed E-state index contributed by atoms with van der Waals surface area (Å²) >= 11 is 0. The Balaban J connectivity index is 2.28. The lowest BCUT2D eigenvalue weighted by atomic mass is 10.0. The maximum Gasteiger partial charge on any atom is 0.230 e. The highest BCUT2D eigenvalue weighted by Gasteiger charge is 2.39. The molecule has 2 heterocycles. The Labute approximate surface area is 127 Å². The molecule has 1 aliphatic heterocycles. The molecule has 9 heteroatoms. The molecular weight excluding hydrogens is 316 g/mol. The number of halogens is 4. The molecule has 1 unspecified atom stereocenters. The van der Waals surface area contributed by atoms with Gasteiger partial charge in [0.05, 0.1) is 6.20 Å². The first-order chi connectivity index (χ1) is 10.9. The minimum absolute atomic E-state index is 0.117. The van der Waals surface area contributed by atoms with E-state index >= 15 is 0 Å². The van der Waals surface area contributed by atoms with Gasteiger partial charge in [0, 0.05) is 18.5 Å². The van der Waals surface area contributed by atoms with E-state index < -0.39 is 29.0 Å². The van der Waals surface area contributed by atoms with E-state index in [9.17, 15) is 22.4 Å². The number of β-lactam (4-membered cyclic amide) rings is 1. The molecule has 0 N–H and O–H groups in total. The third-order valence-corrected chi connectivity index (χ3v) is 3.57. The van der Waals surface area contributed by atoms with Crippen molar-refractivity contribution in [2.75, 3.05) is 4.90 Å². The maximum absolute atomic E-state index is 14.0. The zero-order chi connectivity index (χ0) is 16.9. The van der Waals surface area contributed by atoms with Crippen LogP contribution in [0.5, 0.6) is 0 Å². The zero-order valence-corrected chi connectivity index (χ0v) is 11.6. The number of benzene rings is 1. The molecule has 0 spiro atoms. The SMILES string of the molecule is CC1CC(=O)N1c1c(C#N)cnn1-c1c(F)cc(F)c(F)c1F. The van der Waals surface area contributed by atoms with Gasteiger partial charge in [0.15, 0.2) is 29.1 Å². The lowest BCUT2D eigenvalue weighted by molar-refractivity contribution is -0.123. The minimum atomic E-state index is -1.87. The molecule has 1 saturated heterocycles. The molecule has 0 aliphatic carbocycles. The van der Waals surface area contributed by atoms with E-state index in [0.29, 0.717) is 4.68 Å². The van der Waals surface area contributed by atoms with Gasteiger partial charge in [-0.1, -0.05) is 0 Å². The van der Waals surface area contributed by atoms with Crippen molar-refractivity contribution in [2.45, 2.75) is 19.4 Å².